The summed E-state index contributed by atoms with van der Waals surface area (Å²) in [7, 11) is 1.58. The van der Waals surface area contributed by atoms with Gasteiger partial charge in [-0.3, -0.25) is 4.79 Å². The molecule has 0 fully saturated rings. The Morgan fingerprint density at radius 3 is 2.71 bits per heavy atom. The molecule has 0 amide bonds. The van der Waals surface area contributed by atoms with Crippen molar-refractivity contribution in [1.82, 2.24) is 0 Å². The molecule has 0 aliphatic rings. The molecule has 0 bridgehead atoms. The number of carbonyl (C=O) groups is 1. The average molecular weight is 234 g/mol. The van der Waals surface area contributed by atoms with Crippen LogP contribution in [0.1, 0.15) is 30.9 Å². The average Bonchev–Trinajstić information content (AvgIpc) is 2.33. The highest BCUT2D eigenvalue weighted by atomic mass is 16.7. The second kappa shape index (κ2) is 6.86. The molecule has 1 aromatic rings. The number of hydrogen-bond acceptors (Lipinski definition) is 3. The molecule has 17 heavy (non-hydrogen) atoms. The lowest BCUT2D eigenvalue weighted by Crippen LogP contribution is -2.04. The Kier molecular flexibility index (Phi) is 5.43. The van der Waals surface area contributed by atoms with Gasteiger partial charge in [-0.2, -0.15) is 0 Å². The van der Waals surface area contributed by atoms with Crippen molar-refractivity contribution in [3.63, 3.8) is 0 Å². The van der Waals surface area contributed by atoms with Crippen LogP contribution in [0.4, 0.5) is 0 Å². The van der Waals surface area contributed by atoms with Crippen LogP contribution in [0.15, 0.2) is 24.3 Å². The van der Waals surface area contributed by atoms with Crippen LogP contribution in [0, 0.1) is 0 Å². The topological polar surface area (TPSA) is 35.5 Å². The van der Waals surface area contributed by atoms with E-state index in [1.807, 2.05) is 18.2 Å². The van der Waals surface area contributed by atoms with Crippen molar-refractivity contribution in [2.24, 2.45) is 0 Å². The van der Waals surface area contributed by atoms with Crippen molar-refractivity contribution in [1.29, 1.82) is 0 Å². The van der Waals surface area contributed by atoms with E-state index in [0.717, 1.165) is 23.2 Å². The molecule has 0 aromatic heterocycles. The van der Waals surface area contributed by atoms with Gasteiger partial charge >= 0.3 is 0 Å². The molecule has 1 aromatic carbocycles. The van der Waals surface area contributed by atoms with Gasteiger partial charge in [0.25, 0.3) is 0 Å². The zero-order chi connectivity index (χ0) is 12.7. The molecule has 92 valence electrons. The Labute approximate surface area is 102 Å². The first-order chi connectivity index (χ1) is 8.20. The minimum absolute atomic E-state index is 0.200. The molecule has 1 rings (SSSR count). The Balaban J connectivity index is 3.13. The molecule has 0 saturated heterocycles. The minimum Gasteiger partial charge on any atom is -0.467 e. The van der Waals surface area contributed by atoms with Gasteiger partial charge in [0.1, 0.15) is 12.0 Å². The summed E-state index contributed by atoms with van der Waals surface area (Å²) >= 11 is 0. The first kappa shape index (κ1) is 13.5. The van der Waals surface area contributed by atoms with Gasteiger partial charge < -0.3 is 9.47 Å². The highest BCUT2D eigenvalue weighted by molar-refractivity contribution is 5.75. The lowest BCUT2D eigenvalue weighted by atomic mass is 9.99. The first-order valence-corrected chi connectivity index (χ1v) is 5.57. The second-order valence-electron chi connectivity index (χ2n) is 3.97. The van der Waals surface area contributed by atoms with Gasteiger partial charge in [-0.25, -0.2) is 0 Å². The molecule has 0 spiro atoms. The van der Waals surface area contributed by atoms with E-state index < -0.39 is 0 Å². The van der Waals surface area contributed by atoms with Gasteiger partial charge in [0.2, 0.25) is 0 Å². The van der Waals surface area contributed by atoms with E-state index >= 15 is 0 Å². The third kappa shape index (κ3) is 3.71. The molecule has 0 N–H and O–H groups in total. The molecular weight excluding hydrogens is 216 g/mol. The lowest BCUT2D eigenvalue weighted by Gasteiger charge is -2.15. The SMILES string of the molecule is COCOc1c(/C=C\C=O)cccc1C(C)C. The fraction of sp³-hybridized carbons (Fsp3) is 0.357. The van der Waals surface area contributed by atoms with Crippen LogP contribution in [0.25, 0.3) is 6.08 Å². The van der Waals surface area contributed by atoms with Crippen molar-refractivity contribution in [3.8, 4) is 5.75 Å². The molecule has 0 aliphatic heterocycles. The number of aldehydes is 1. The van der Waals surface area contributed by atoms with E-state index in [9.17, 15) is 4.79 Å². The Morgan fingerprint density at radius 1 is 1.35 bits per heavy atom. The Morgan fingerprint density at radius 2 is 2.12 bits per heavy atom. The summed E-state index contributed by atoms with van der Waals surface area (Å²) in [5.41, 5.74) is 2.00. The number of para-hydroxylation sites is 1. The minimum atomic E-state index is 0.200. The van der Waals surface area contributed by atoms with Gasteiger partial charge in [-0.1, -0.05) is 32.0 Å². The lowest BCUT2D eigenvalue weighted by molar-refractivity contribution is -0.104. The molecule has 3 heteroatoms. The number of methoxy groups -OCH3 is 1. The smallest absolute Gasteiger partial charge is 0.188 e. The van der Waals surface area contributed by atoms with Crippen molar-refractivity contribution in [3.05, 3.63) is 35.4 Å². The number of carbonyl (C=O) groups excluding carboxylic acids is 1. The van der Waals surface area contributed by atoms with Crippen molar-refractivity contribution >= 4 is 12.4 Å². The van der Waals surface area contributed by atoms with Crippen LogP contribution in [0.5, 0.6) is 5.75 Å². The summed E-state index contributed by atoms with van der Waals surface area (Å²) in [5.74, 6) is 1.13. The second-order valence-corrected chi connectivity index (χ2v) is 3.97. The number of rotatable bonds is 6. The number of benzene rings is 1. The van der Waals surface area contributed by atoms with Crippen LogP contribution in [-0.2, 0) is 9.53 Å². The number of hydrogen-bond donors (Lipinski definition) is 0. The van der Waals surface area contributed by atoms with Crippen LogP contribution < -0.4 is 4.74 Å². The molecule has 0 atom stereocenters. The monoisotopic (exact) mass is 234 g/mol. The highest BCUT2D eigenvalue weighted by Crippen LogP contribution is 2.31. The van der Waals surface area contributed by atoms with Crippen molar-refractivity contribution < 1.29 is 14.3 Å². The largest absolute Gasteiger partial charge is 0.467 e. The molecule has 0 saturated carbocycles. The summed E-state index contributed by atoms with van der Waals surface area (Å²) < 4.78 is 10.5. The standard InChI is InChI=1S/C14H18O3/c1-11(2)13-8-4-6-12(7-5-9-15)14(13)17-10-16-3/h4-9,11H,10H2,1-3H3/b7-5-. The van der Waals surface area contributed by atoms with Crippen LogP contribution in [0.2, 0.25) is 0 Å². The van der Waals surface area contributed by atoms with Crippen molar-refractivity contribution in [2.75, 3.05) is 13.9 Å². The third-order valence-corrected chi connectivity index (χ3v) is 2.37. The quantitative estimate of drug-likeness (QED) is 0.431. The molecule has 0 radical (unpaired) electrons. The molecule has 0 aliphatic carbocycles. The summed E-state index contributed by atoms with van der Waals surface area (Å²) in [5, 5.41) is 0. The normalized spacial score (nSPS) is 11.1. The predicted molar refractivity (Wildman–Crippen MR) is 68.1 cm³/mol. The fourth-order valence-electron chi connectivity index (χ4n) is 1.59. The van der Waals surface area contributed by atoms with Crippen LogP contribution in [0.3, 0.4) is 0 Å². The van der Waals surface area contributed by atoms with Gasteiger partial charge in [-0.15, -0.1) is 0 Å². The van der Waals surface area contributed by atoms with E-state index in [1.54, 1.807) is 13.2 Å². The summed E-state index contributed by atoms with van der Waals surface area (Å²) in [6, 6.07) is 5.89. The van der Waals surface area contributed by atoms with E-state index in [-0.39, 0.29) is 6.79 Å². The van der Waals surface area contributed by atoms with Gasteiger partial charge in [0, 0.05) is 12.7 Å². The van der Waals surface area contributed by atoms with E-state index in [4.69, 9.17) is 9.47 Å². The third-order valence-electron chi connectivity index (χ3n) is 2.37. The number of allylic oxidation sites excluding steroid dienone is 1. The Hall–Kier alpha value is -1.61. The molecule has 3 nitrogen and oxygen atoms in total. The maximum Gasteiger partial charge on any atom is 0.188 e. The van der Waals surface area contributed by atoms with E-state index in [0.29, 0.717) is 5.92 Å². The van der Waals surface area contributed by atoms with E-state index in [2.05, 4.69) is 13.8 Å². The zero-order valence-corrected chi connectivity index (χ0v) is 10.5. The summed E-state index contributed by atoms with van der Waals surface area (Å²) in [4.78, 5) is 10.4. The number of ether oxygens (including phenoxy) is 2. The van der Waals surface area contributed by atoms with Gasteiger partial charge in [0.05, 0.1) is 0 Å². The zero-order valence-electron chi connectivity index (χ0n) is 10.5. The van der Waals surface area contributed by atoms with Gasteiger partial charge in [-0.05, 0) is 23.6 Å². The maximum atomic E-state index is 10.4. The maximum absolute atomic E-state index is 10.4. The van der Waals surface area contributed by atoms with Gasteiger partial charge in [0.15, 0.2) is 6.79 Å². The van der Waals surface area contributed by atoms with Crippen molar-refractivity contribution in [2.45, 2.75) is 19.8 Å². The first-order valence-electron chi connectivity index (χ1n) is 5.57. The Bertz CT molecular complexity index is 394. The van der Waals surface area contributed by atoms with Crippen LogP contribution >= 0.6 is 0 Å². The molecule has 0 unspecified atom stereocenters. The van der Waals surface area contributed by atoms with Crippen LogP contribution in [-0.4, -0.2) is 20.2 Å². The summed E-state index contributed by atoms with van der Waals surface area (Å²) in [6.07, 6.45) is 3.95. The highest BCUT2D eigenvalue weighted by Gasteiger charge is 2.10. The molecule has 0 heterocycles. The summed E-state index contributed by atoms with van der Waals surface area (Å²) in [6.45, 7) is 4.40. The predicted octanol–water partition coefficient (Wildman–Crippen LogP) is 3.00. The van der Waals surface area contributed by atoms with E-state index in [1.165, 1.54) is 6.08 Å². The molecular formula is C14H18O3. The fourth-order valence-corrected chi connectivity index (χ4v) is 1.59.